The van der Waals surface area contributed by atoms with E-state index in [0.717, 1.165) is 11.8 Å². The molecule has 1 heterocycles. The van der Waals surface area contributed by atoms with Crippen LogP contribution in [0.25, 0.3) is 0 Å². The third kappa shape index (κ3) is 2.60. The van der Waals surface area contributed by atoms with E-state index in [1.807, 2.05) is 0 Å². The van der Waals surface area contributed by atoms with Crippen LogP contribution in [0, 0.1) is 11.6 Å². The van der Waals surface area contributed by atoms with Gasteiger partial charge in [-0.2, -0.15) is 0 Å². The first kappa shape index (κ1) is 12.0. The molecule has 1 N–H and O–H groups in total. The molecule has 0 atom stereocenters. The van der Waals surface area contributed by atoms with Crippen LogP contribution < -0.4 is 5.32 Å². The Hall–Kier alpha value is -1.50. The molecule has 7 heteroatoms. The van der Waals surface area contributed by atoms with Crippen molar-refractivity contribution in [3.63, 3.8) is 0 Å². The highest BCUT2D eigenvalue weighted by Gasteiger charge is 2.08. The van der Waals surface area contributed by atoms with Crippen LogP contribution in [0.15, 0.2) is 22.8 Å². The lowest BCUT2D eigenvalue weighted by molar-refractivity contribution is 0.580. The minimum Gasteiger partial charge on any atom is -0.377 e. The van der Waals surface area contributed by atoms with Gasteiger partial charge >= 0.3 is 0 Å². The maximum absolute atomic E-state index is 13.4. The minimum absolute atomic E-state index is 0.213. The van der Waals surface area contributed by atoms with Crippen molar-refractivity contribution in [1.29, 1.82) is 0 Å². The maximum atomic E-state index is 13.4. The van der Waals surface area contributed by atoms with Gasteiger partial charge in [0.05, 0.1) is 28.6 Å². The first-order chi connectivity index (χ1) is 8.08. The zero-order valence-corrected chi connectivity index (χ0v) is 10.5. The number of halogens is 3. The highest BCUT2D eigenvalue weighted by Crippen LogP contribution is 2.23. The molecular weight excluding hydrogens is 294 g/mol. The summed E-state index contributed by atoms with van der Waals surface area (Å²) in [4.78, 5) is 0. The number of hydrogen-bond donors (Lipinski definition) is 1. The fourth-order valence-electron chi connectivity index (χ4n) is 1.31. The summed E-state index contributed by atoms with van der Waals surface area (Å²) >= 11 is 3.00. The highest BCUT2D eigenvalue weighted by atomic mass is 79.9. The summed E-state index contributed by atoms with van der Waals surface area (Å²) in [5, 5.41) is 10.3. The largest absolute Gasteiger partial charge is 0.377 e. The molecule has 0 aliphatic carbocycles. The summed E-state index contributed by atoms with van der Waals surface area (Å²) in [6.45, 7) is 0.360. The summed E-state index contributed by atoms with van der Waals surface area (Å²) in [5.74, 6) is -1.27. The Labute approximate surface area is 105 Å². The summed E-state index contributed by atoms with van der Waals surface area (Å²) < 4.78 is 28.2. The molecule has 0 amide bonds. The Bertz CT molecular complexity index is 541. The minimum atomic E-state index is -0.638. The van der Waals surface area contributed by atoms with Crippen molar-refractivity contribution in [2.45, 2.75) is 6.54 Å². The third-order valence-electron chi connectivity index (χ3n) is 2.28. The molecule has 0 aliphatic heterocycles. The van der Waals surface area contributed by atoms with E-state index < -0.39 is 11.6 Å². The van der Waals surface area contributed by atoms with Gasteiger partial charge < -0.3 is 5.32 Å². The van der Waals surface area contributed by atoms with Crippen molar-refractivity contribution >= 4 is 21.6 Å². The topological polar surface area (TPSA) is 42.7 Å². The Kier molecular flexibility index (Phi) is 3.37. The lowest BCUT2D eigenvalue weighted by atomic mass is 10.3. The molecule has 0 aliphatic rings. The Balaban J connectivity index is 2.14. The Morgan fingerprint density at radius 3 is 2.76 bits per heavy atom. The number of nitrogens with one attached hydrogen (secondary N) is 1. The average molecular weight is 303 g/mol. The number of aryl methyl sites for hydroxylation is 1. The van der Waals surface area contributed by atoms with E-state index in [1.54, 1.807) is 17.9 Å². The molecule has 4 nitrogen and oxygen atoms in total. The first-order valence-corrected chi connectivity index (χ1v) is 5.59. The molecule has 0 saturated heterocycles. The molecule has 90 valence electrons. The number of benzene rings is 1. The maximum Gasteiger partial charge on any atom is 0.149 e. The number of rotatable bonds is 3. The molecule has 0 spiro atoms. The second kappa shape index (κ2) is 4.79. The van der Waals surface area contributed by atoms with E-state index in [9.17, 15) is 8.78 Å². The molecule has 1 aromatic heterocycles. The predicted octanol–water partition coefficient (Wildman–Crippen LogP) is 2.47. The molecule has 1 aromatic carbocycles. The molecule has 0 unspecified atom stereocenters. The molecule has 0 saturated carbocycles. The van der Waals surface area contributed by atoms with Gasteiger partial charge in [0.2, 0.25) is 0 Å². The second-order valence-electron chi connectivity index (χ2n) is 3.45. The van der Waals surface area contributed by atoms with Crippen LogP contribution in [0.3, 0.4) is 0 Å². The van der Waals surface area contributed by atoms with Crippen molar-refractivity contribution < 1.29 is 8.78 Å². The van der Waals surface area contributed by atoms with Gasteiger partial charge in [-0.1, -0.05) is 5.21 Å². The van der Waals surface area contributed by atoms with Gasteiger partial charge in [-0.15, -0.1) is 5.10 Å². The van der Waals surface area contributed by atoms with Crippen LogP contribution >= 0.6 is 15.9 Å². The second-order valence-corrected chi connectivity index (χ2v) is 4.30. The lowest BCUT2D eigenvalue weighted by Crippen LogP contribution is -2.06. The van der Waals surface area contributed by atoms with Gasteiger partial charge in [0.1, 0.15) is 11.6 Å². The predicted molar refractivity (Wildman–Crippen MR) is 62.4 cm³/mol. The monoisotopic (exact) mass is 302 g/mol. The van der Waals surface area contributed by atoms with Gasteiger partial charge in [0.25, 0.3) is 0 Å². The molecule has 2 aromatic rings. The smallest absolute Gasteiger partial charge is 0.149 e. The normalized spacial score (nSPS) is 10.6. The van der Waals surface area contributed by atoms with Crippen LogP contribution in [0.1, 0.15) is 5.69 Å². The summed E-state index contributed by atoms with van der Waals surface area (Å²) in [7, 11) is 1.74. The van der Waals surface area contributed by atoms with Crippen molar-refractivity contribution in [3.8, 4) is 0 Å². The van der Waals surface area contributed by atoms with E-state index in [1.165, 1.54) is 6.07 Å². The number of aromatic nitrogens is 3. The molecule has 0 radical (unpaired) electrons. The number of nitrogens with zero attached hydrogens (tertiary/aromatic N) is 3. The van der Waals surface area contributed by atoms with Crippen LogP contribution in [0.2, 0.25) is 0 Å². The molecule has 2 rings (SSSR count). The van der Waals surface area contributed by atoms with Gasteiger partial charge in [0, 0.05) is 13.1 Å². The fraction of sp³-hybridized carbons (Fsp3) is 0.200. The van der Waals surface area contributed by atoms with Gasteiger partial charge in [-0.25, -0.2) is 8.78 Å². The Morgan fingerprint density at radius 2 is 2.12 bits per heavy atom. The third-order valence-corrected chi connectivity index (χ3v) is 2.89. The standard InChI is InChI=1S/C10H9BrF2N4/c1-17-6(5-15-16-17)4-14-10-2-7(11)8(12)3-9(10)13/h2-3,5,14H,4H2,1H3. The molecular formula is C10H9BrF2N4. The van der Waals surface area contributed by atoms with Crippen LogP contribution in [-0.2, 0) is 13.6 Å². The van der Waals surface area contributed by atoms with Crippen LogP contribution in [-0.4, -0.2) is 15.0 Å². The summed E-state index contributed by atoms with van der Waals surface area (Å²) in [5.41, 5.74) is 1.02. The summed E-state index contributed by atoms with van der Waals surface area (Å²) in [6, 6.07) is 2.18. The number of hydrogen-bond acceptors (Lipinski definition) is 3. The number of anilines is 1. The van der Waals surface area contributed by atoms with E-state index in [4.69, 9.17) is 0 Å². The lowest BCUT2D eigenvalue weighted by Gasteiger charge is -2.08. The quantitative estimate of drug-likeness (QED) is 0.886. The highest BCUT2D eigenvalue weighted by molar-refractivity contribution is 9.10. The van der Waals surface area contributed by atoms with Crippen molar-refractivity contribution in [3.05, 3.63) is 40.1 Å². The first-order valence-electron chi connectivity index (χ1n) is 4.80. The molecule has 17 heavy (non-hydrogen) atoms. The van der Waals surface area contributed by atoms with E-state index >= 15 is 0 Å². The van der Waals surface area contributed by atoms with E-state index in [2.05, 4.69) is 31.6 Å². The molecule has 0 fully saturated rings. The zero-order valence-electron chi connectivity index (χ0n) is 8.91. The van der Waals surface area contributed by atoms with Gasteiger partial charge in [0.15, 0.2) is 0 Å². The molecule has 0 bridgehead atoms. The summed E-state index contributed by atoms with van der Waals surface area (Å²) in [6.07, 6.45) is 1.57. The SMILES string of the molecule is Cn1nncc1CNc1cc(Br)c(F)cc1F. The van der Waals surface area contributed by atoms with E-state index in [0.29, 0.717) is 6.54 Å². The van der Waals surface area contributed by atoms with Crippen molar-refractivity contribution in [2.75, 3.05) is 5.32 Å². The van der Waals surface area contributed by atoms with E-state index in [-0.39, 0.29) is 10.2 Å². The zero-order chi connectivity index (χ0) is 12.4. The average Bonchev–Trinajstić information content (AvgIpc) is 2.68. The van der Waals surface area contributed by atoms with Crippen molar-refractivity contribution in [2.24, 2.45) is 7.05 Å². The fourth-order valence-corrected chi connectivity index (χ4v) is 1.66. The van der Waals surface area contributed by atoms with Crippen LogP contribution in [0.5, 0.6) is 0 Å². The van der Waals surface area contributed by atoms with Gasteiger partial charge in [-0.3, -0.25) is 4.68 Å². The Morgan fingerprint density at radius 1 is 1.35 bits per heavy atom. The van der Waals surface area contributed by atoms with Gasteiger partial charge in [-0.05, 0) is 22.0 Å². The van der Waals surface area contributed by atoms with Crippen molar-refractivity contribution in [1.82, 2.24) is 15.0 Å². The van der Waals surface area contributed by atoms with Crippen LogP contribution in [0.4, 0.5) is 14.5 Å².